The molecule has 6 heteroatoms. The van der Waals surface area contributed by atoms with Crippen molar-refractivity contribution in [2.45, 2.75) is 71.1 Å². The van der Waals surface area contributed by atoms with Gasteiger partial charge in [-0.25, -0.2) is 9.97 Å². The molecule has 2 aliphatic rings. The maximum atomic E-state index is 13.8. The predicted molar refractivity (Wildman–Crippen MR) is 147 cm³/mol. The number of rotatable bonds is 5. The van der Waals surface area contributed by atoms with Crippen LogP contribution < -0.4 is 10.6 Å². The average molecular weight is 503 g/mol. The van der Waals surface area contributed by atoms with E-state index in [1.54, 1.807) is 6.07 Å². The second-order valence-corrected chi connectivity index (χ2v) is 11.7. The highest BCUT2D eigenvalue weighted by atomic mass is 35.5. The molecule has 0 radical (unpaired) electrons. The zero-order valence-electron chi connectivity index (χ0n) is 21.6. The molecule has 1 fully saturated rings. The number of benzene rings is 2. The smallest absolute Gasteiger partial charge is 0.231 e. The number of aromatic nitrogens is 2. The summed E-state index contributed by atoms with van der Waals surface area (Å²) in [6.07, 6.45) is 6.58. The van der Waals surface area contributed by atoms with Crippen molar-refractivity contribution in [2.24, 2.45) is 11.3 Å². The van der Waals surface area contributed by atoms with Gasteiger partial charge in [-0.2, -0.15) is 0 Å². The number of amides is 1. The number of halogens is 1. The number of carbonyl (C=O) groups excluding carboxylic acids is 1. The van der Waals surface area contributed by atoms with E-state index in [4.69, 9.17) is 11.6 Å². The molecule has 3 atom stereocenters. The molecule has 2 aliphatic carbocycles. The minimum absolute atomic E-state index is 0.000401. The molecule has 2 N–H and O–H groups in total. The molecule has 5 nitrogen and oxygen atoms in total. The molecule has 3 aromatic rings. The Morgan fingerprint density at radius 2 is 1.78 bits per heavy atom. The van der Waals surface area contributed by atoms with Gasteiger partial charge in [0.2, 0.25) is 5.91 Å². The molecule has 0 aliphatic heterocycles. The van der Waals surface area contributed by atoms with Gasteiger partial charge in [0.25, 0.3) is 0 Å². The molecular formula is C30H35ClN4O. The fourth-order valence-electron chi connectivity index (χ4n) is 6.58. The van der Waals surface area contributed by atoms with Gasteiger partial charge in [-0.3, -0.25) is 4.79 Å². The summed E-state index contributed by atoms with van der Waals surface area (Å²) in [5.74, 6) is 1.99. The first-order chi connectivity index (χ1) is 17.2. The van der Waals surface area contributed by atoms with Crippen molar-refractivity contribution in [1.29, 1.82) is 0 Å². The Morgan fingerprint density at radius 3 is 2.53 bits per heavy atom. The molecule has 188 valence electrons. The van der Waals surface area contributed by atoms with Gasteiger partial charge in [-0.05, 0) is 83.9 Å². The largest absolute Gasteiger partial charge is 0.340 e. The predicted octanol–water partition coefficient (Wildman–Crippen LogP) is 7.65. The summed E-state index contributed by atoms with van der Waals surface area (Å²) in [4.78, 5) is 22.5. The van der Waals surface area contributed by atoms with Crippen molar-refractivity contribution in [3.63, 3.8) is 0 Å². The number of fused-ring (bicyclic) bond motifs is 3. The van der Waals surface area contributed by atoms with Gasteiger partial charge in [-0.1, -0.05) is 63.9 Å². The fourth-order valence-corrected chi connectivity index (χ4v) is 6.70. The molecule has 5 rings (SSSR count). The number of hydrogen-bond donors (Lipinski definition) is 2. The molecule has 1 amide bonds. The minimum atomic E-state index is -0.462. The average Bonchev–Trinajstić information content (AvgIpc) is 2.85. The molecule has 0 spiro atoms. The molecule has 1 aromatic heterocycles. The quantitative estimate of drug-likeness (QED) is 0.376. The SMILES string of the molecule is CC(C)c1ccc2c(c1)CC[C@H]1[C@](C)(C(=O)Nc3cc(Nc4ccc(Cl)cc4)ncn3)CCC[C@]21C. The summed E-state index contributed by atoms with van der Waals surface area (Å²) in [6, 6.07) is 16.2. The lowest BCUT2D eigenvalue weighted by Crippen LogP contribution is -2.53. The lowest BCUT2D eigenvalue weighted by atomic mass is 9.49. The first-order valence-electron chi connectivity index (χ1n) is 13.0. The van der Waals surface area contributed by atoms with E-state index in [1.165, 1.54) is 23.0 Å². The van der Waals surface area contributed by atoms with E-state index in [2.05, 4.69) is 66.5 Å². The maximum Gasteiger partial charge on any atom is 0.231 e. The van der Waals surface area contributed by atoms with Crippen LogP contribution >= 0.6 is 11.6 Å². The standard InChI is InChI=1S/C30H35ClN4O/c1-19(2)20-6-12-24-21(16-20)7-13-25-29(24,3)14-5-15-30(25,4)28(36)35-27-17-26(32-18-33-27)34-23-10-8-22(31)9-11-23/h6,8-12,16-19,25H,5,7,13-15H2,1-4H3,(H2,32,33,34,35,36)/t25-,29-,30-/m1/s1. The minimum Gasteiger partial charge on any atom is -0.340 e. The summed E-state index contributed by atoms with van der Waals surface area (Å²) in [6.45, 7) is 9.04. The number of hydrogen-bond acceptors (Lipinski definition) is 4. The molecule has 1 saturated carbocycles. The third-order valence-electron chi connectivity index (χ3n) is 8.59. The fraction of sp³-hybridized carbons (Fsp3) is 0.433. The summed E-state index contributed by atoms with van der Waals surface area (Å²) >= 11 is 5.99. The van der Waals surface area contributed by atoms with E-state index >= 15 is 0 Å². The number of nitrogens with one attached hydrogen (secondary N) is 2. The van der Waals surface area contributed by atoms with Crippen molar-refractivity contribution >= 4 is 34.8 Å². The monoisotopic (exact) mass is 502 g/mol. The Labute approximate surface area is 219 Å². The van der Waals surface area contributed by atoms with Gasteiger partial charge in [-0.15, -0.1) is 0 Å². The van der Waals surface area contributed by atoms with Crippen LogP contribution in [0.1, 0.15) is 76.0 Å². The van der Waals surface area contributed by atoms with Crippen LogP contribution in [0.2, 0.25) is 5.02 Å². The topological polar surface area (TPSA) is 66.9 Å². The van der Waals surface area contributed by atoms with E-state index in [9.17, 15) is 4.79 Å². The highest BCUT2D eigenvalue weighted by molar-refractivity contribution is 6.30. The van der Waals surface area contributed by atoms with Gasteiger partial charge in [0.1, 0.15) is 18.0 Å². The van der Waals surface area contributed by atoms with Crippen LogP contribution in [0.4, 0.5) is 17.3 Å². The van der Waals surface area contributed by atoms with Crippen LogP contribution in [0.15, 0.2) is 54.9 Å². The van der Waals surface area contributed by atoms with Crippen LogP contribution in [0.5, 0.6) is 0 Å². The Bertz CT molecular complexity index is 1270. The summed E-state index contributed by atoms with van der Waals surface area (Å²) in [5, 5.41) is 7.06. The Morgan fingerprint density at radius 1 is 1.03 bits per heavy atom. The number of aryl methyl sites for hydroxylation is 1. The third kappa shape index (κ3) is 4.50. The second kappa shape index (κ2) is 9.51. The number of carbonyl (C=O) groups is 1. The van der Waals surface area contributed by atoms with Crippen molar-refractivity contribution in [1.82, 2.24) is 9.97 Å². The first kappa shape index (κ1) is 24.8. The summed E-state index contributed by atoms with van der Waals surface area (Å²) in [5.41, 5.74) is 4.72. The molecular weight excluding hydrogens is 468 g/mol. The van der Waals surface area contributed by atoms with Crippen molar-refractivity contribution in [3.05, 3.63) is 76.6 Å². The highest BCUT2D eigenvalue weighted by Gasteiger charge is 2.55. The van der Waals surface area contributed by atoms with E-state index in [-0.39, 0.29) is 17.2 Å². The Kier molecular flexibility index (Phi) is 6.54. The number of anilines is 3. The van der Waals surface area contributed by atoms with Crippen LogP contribution in [0.3, 0.4) is 0 Å². The zero-order valence-corrected chi connectivity index (χ0v) is 22.3. The van der Waals surface area contributed by atoms with E-state index < -0.39 is 5.41 Å². The second-order valence-electron chi connectivity index (χ2n) is 11.2. The molecule has 0 saturated heterocycles. The van der Waals surface area contributed by atoms with Gasteiger partial charge < -0.3 is 10.6 Å². The lowest BCUT2D eigenvalue weighted by molar-refractivity contribution is -0.133. The van der Waals surface area contributed by atoms with E-state index in [0.29, 0.717) is 22.6 Å². The summed E-state index contributed by atoms with van der Waals surface area (Å²) < 4.78 is 0. The highest BCUT2D eigenvalue weighted by Crippen LogP contribution is 2.57. The zero-order chi connectivity index (χ0) is 25.5. The van der Waals surface area contributed by atoms with Gasteiger partial charge in [0.15, 0.2) is 0 Å². The maximum absolute atomic E-state index is 13.8. The molecule has 36 heavy (non-hydrogen) atoms. The van der Waals surface area contributed by atoms with E-state index in [0.717, 1.165) is 37.8 Å². The summed E-state index contributed by atoms with van der Waals surface area (Å²) in [7, 11) is 0. The third-order valence-corrected chi connectivity index (χ3v) is 8.84. The first-order valence-corrected chi connectivity index (χ1v) is 13.4. The molecule has 1 heterocycles. The van der Waals surface area contributed by atoms with E-state index in [1.807, 2.05) is 24.3 Å². The van der Waals surface area contributed by atoms with Crippen molar-refractivity contribution in [2.75, 3.05) is 10.6 Å². The van der Waals surface area contributed by atoms with Crippen LogP contribution in [0.25, 0.3) is 0 Å². The number of nitrogens with zero attached hydrogens (tertiary/aromatic N) is 2. The van der Waals surface area contributed by atoms with Crippen LogP contribution in [0, 0.1) is 11.3 Å². The Hall–Kier alpha value is -2.92. The van der Waals surface area contributed by atoms with Crippen molar-refractivity contribution < 1.29 is 4.79 Å². The lowest BCUT2D eigenvalue weighted by Gasteiger charge is -2.54. The molecule has 0 bridgehead atoms. The normalized spacial score (nSPS) is 25.1. The molecule has 2 aromatic carbocycles. The Balaban J connectivity index is 1.37. The van der Waals surface area contributed by atoms with Crippen LogP contribution in [-0.4, -0.2) is 15.9 Å². The van der Waals surface area contributed by atoms with Gasteiger partial charge in [0, 0.05) is 16.8 Å². The van der Waals surface area contributed by atoms with Gasteiger partial charge >= 0.3 is 0 Å². The van der Waals surface area contributed by atoms with Crippen molar-refractivity contribution in [3.8, 4) is 0 Å². The molecule has 0 unspecified atom stereocenters. The van der Waals surface area contributed by atoms with Crippen LogP contribution in [-0.2, 0) is 16.6 Å². The van der Waals surface area contributed by atoms with Gasteiger partial charge in [0.05, 0.1) is 5.41 Å².